The molecule has 0 amide bonds. The average Bonchev–Trinajstić information content (AvgIpc) is 2.80. The van der Waals surface area contributed by atoms with Crippen LogP contribution in [-0.4, -0.2) is 26.2 Å². The molecule has 0 bridgehead atoms. The lowest BCUT2D eigenvalue weighted by Gasteiger charge is -2.23. The molecule has 4 rings (SSSR count). The van der Waals surface area contributed by atoms with Crippen molar-refractivity contribution < 1.29 is 0 Å². The highest BCUT2D eigenvalue weighted by Crippen LogP contribution is 2.36. The van der Waals surface area contributed by atoms with E-state index < -0.39 is 0 Å². The zero-order valence-corrected chi connectivity index (χ0v) is 19.4. The van der Waals surface area contributed by atoms with Crippen LogP contribution in [0, 0.1) is 18.3 Å². The summed E-state index contributed by atoms with van der Waals surface area (Å²) in [5.41, 5.74) is 3.72. The Hall–Kier alpha value is -3.09. The van der Waals surface area contributed by atoms with Gasteiger partial charge in [-0.15, -0.1) is 0 Å². The van der Waals surface area contributed by atoms with Crippen LogP contribution in [0.15, 0.2) is 63.7 Å². The maximum Gasteiger partial charge on any atom is 0.287 e. The van der Waals surface area contributed by atoms with Crippen molar-refractivity contribution in [2.75, 3.05) is 12.1 Å². The molecule has 0 aliphatic carbocycles. The summed E-state index contributed by atoms with van der Waals surface area (Å²) in [6.07, 6.45) is 4.88. The van der Waals surface area contributed by atoms with E-state index in [0.717, 1.165) is 15.5 Å². The quantitative estimate of drug-likeness (QED) is 0.577. The van der Waals surface area contributed by atoms with Crippen LogP contribution in [-0.2, 0) is 5.75 Å². The van der Waals surface area contributed by atoms with Gasteiger partial charge in [-0.1, -0.05) is 49.5 Å². The summed E-state index contributed by atoms with van der Waals surface area (Å²) in [4.78, 5) is 17.7. The monoisotopic (exact) mass is 450 g/mol. The Labute approximate surface area is 189 Å². The Balaban J connectivity index is 0.00000132. The number of aromatic nitrogens is 3. The lowest BCUT2D eigenvalue weighted by atomic mass is 10.1. The van der Waals surface area contributed by atoms with Crippen LogP contribution in [0.4, 0.5) is 5.69 Å². The van der Waals surface area contributed by atoms with Crippen LogP contribution < -0.4 is 10.6 Å². The van der Waals surface area contributed by atoms with E-state index in [1.807, 2.05) is 39.0 Å². The topological polar surface area (TPSA) is 87.2 Å². The van der Waals surface area contributed by atoms with E-state index in [-0.39, 0.29) is 5.56 Å². The van der Waals surface area contributed by atoms with Gasteiger partial charge in [-0.05, 0) is 36.2 Å². The van der Waals surface area contributed by atoms with Gasteiger partial charge in [0.05, 0.1) is 35.4 Å². The van der Waals surface area contributed by atoms with Crippen molar-refractivity contribution in [1.82, 2.24) is 14.8 Å². The Bertz CT molecular complexity index is 1200. The molecule has 0 atom stereocenters. The molecule has 0 unspecified atom stereocenters. The first-order valence-corrected chi connectivity index (χ1v) is 11.5. The van der Waals surface area contributed by atoms with Gasteiger partial charge in [-0.25, -0.2) is 0 Å². The largest absolute Gasteiger partial charge is 0.287 e. The number of benzene rings is 1. The molecule has 1 aromatic carbocycles. The first-order valence-electron chi connectivity index (χ1n) is 9.72. The standard InChI is InChI=1S/C20H16N6OS2.C2H6/c1-13-5-6-14(15(8-13)9-21)12-28-20-24-25(2)17-11-23-26(19(27)18(17)29-20)16-4-3-7-22-10-16;1-2/h3-8,10-11H,12H2,1-2H3;1-2H3. The molecule has 3 aromatic rings. The number of hydrogen-bond acceptors (Lipinski definition) is 8. The first kappa shape index (κ1) is 22.6. The van der Waals surface area contributed by atoms with Gasteiger partial charge >= 0.3 is 0 Å². The number of fused-ring (bicyclic) bond motifs is 1. The second kappa shape index (κ2) is 10.3. The van der Waals surface area contributed by atoms with Crippen molar-refractivity contribution in [2.24, 2.45) is 5.10 Å². The van der Waals surface area contributed by atoms with Crippen LogP contribution in [0.2, 0.25) is 0 Å². The molecule has 1 aliphatic heterocycles. The van der Waals surface area contributed by atoms with E-state index in [2.05, 4.69) is 21.3 Å². The lowest BCUT2D eigenvalue weighted by Crippen LogP contribution is -2.28. The van der Waals surface area contributed by atoms with Gasteiger partial charge < -0.3 is 0 Å². The molecule has 0 N–H and O–H groups in total. The van der Waals surface area contributed by atoms with E-state index in [9.17, 15) is 10.1 Å². The van der Waals surface area contributed by atoms with Crippen molar-refractivity contribution in [3.05, 3.63) is 76.0 Å². The zero-order chi connectivity index (χ0) is 22.4. The second-order valence-electron chi connectivity index (χ2n) is 6.34. The summed E-state index contributed by atoms with van der Waals surface area (Å²) < 4.78 is 2.08. The summed E-state index contributed by atoms with van der Waals surface area (Å²) in [5, 5.41) is 19.8. The number of pyridine rings is 1. The molecular formula is C22H22N6OS2. The average molecular weight is 451 g/mol. The van der Waals surface area contributed by atoms with Crippen LogP contribution in [0.3, 0.4) is 0 Å². The van der Waals surface area contributed by atoms with Gasteiger partial charge in [-0.2, -0.15) is 20.1 Å². The normalized spacial score (nSPS) is 12.2. The number of rotatable bonds is 3. The molecule has 3 heterocycles. The van der Waals surface area contributed by atoms with Gasteiger partial charge in [0.1, 0.15) is 4.90 Å². The summed E-state index contributed by atoms with van der Waals surface area (Å²) in [6.45, 7) is 5.96. The Morgan fingerprint density at radius 3 is 2.74 bits per heavy atom. The third kappa shape index (κ3) is 4.98. The molecular weight excluding hydrogens is 428 g/mol. The number of anilines is 1. The highest BCUT2D eigenvalue weighted by molar-refractivity contribution is 8.38. The van der Waals surface area contributed by atoms with Crippen molar-refractivity contribution in [1.29, 1.82) is 5.26 Å². The minimum absolute atomic E-state index is 0.214. The van der Waals surface area contributed by atoms with Crippen LogP contribution >= 0.6 is 23.5 Å². The summed E-state index contributed by atoms with van der Waals surface area (Å²) in [7, 11) is 1.79. The third-order valence-electron chi connectivity index (χ3n) is 4.31. The second-order valence-corrected chi connectivity index (χ2v) is 8.56. The predicted octanol–water partition coefficient (Wildman–Crippen LogP) is 4.58. The van der Waals surface area contributed by atoms with Gasteiger partial charge in [-0.3, -0.25) is 14.8 Å². The first-order chi connectivity index (χ1) is 15.1. The minimum Gasteiger partial charge on any atom is -0.266 e. The van der Waals surface area contributed by atoms with Crippen molar-refractivity contribution in [3.8, 4) is 11.8 Å². The van der Waals surface area contributed by atoms with E-state index in [4.69, 9.17) is 0 Å². The molecule has 0 spiro atoms. The van der Waals surface area contributed by atoms with Crippen LogP contribution in [0.1, 0.15) is 30.5 Å². The van der Waals surface area contributed by atoms with Gasteiger partial charge in [0, 0.05) is 19.0 Å². The number of thioether (sulfide) groups is 2. The summed E-state index contributed by atoms with van der Waals surface area (Å²) in [6, 6.07) is 11.6. The molecule has 2 aromatic heterocycles. The van der Waals surface area contributed by atoms with E-state index in [0.29, 0.717) is 27.6 Å². The van der Waals surface area contributed by atoms with Gasteiger partial charge in [0.25, 0.3) is 5.56 Å². The van der Waals surface area contributed by atoms with Gasteiger partial charge in [0.2, 0.25) is 0 Å². The lowest BCUT2D eigenvalue weighted by molar-refractivity contribution is 0.768. The number of nitrogens with zero attached hydrogens (tertiary/aromatic N) is 6. The molecule has 0 fully saturated rings. The molecule has 1 aliphatic rings. The molecule has 0 saturated heterocycles. The highest BCUT2D eigenvalue weighted by atomic mass is 32.2. The van der Waals surface area contributed by atoms with E-state index >= 15 is 0 Å². The minimum atomic E-state index is -0.214. The predicted molar refractivity (Wildman–Crippen MR) is 128 cm³/mol. The summed E-state index contributed by atoms with van der Waals surface area (Å²) in [5.74, 6) is 0.597. The maximum atomic E-state index is 13.0. The molecule has 158 valence electrons. The molecule has 9 heteroatoms. The fraction of sp³-hybridized carbons (Fsp3) is 0.227. The van der Waals surface area contributed by atoms with Gasteiger partial charge in [0.15, 0.2) is 4.38 Å². The van der Waals surface area contributed by atoms with Crippen molar-refractivity contribution in [2.45, 2.75) is 31.4 Å². The number of hydrogen-bond donors (Lipinski definition) is 0. The molecule has 0 saturated carbocycles. The number of hydrazone groups is 1. The Morgan fingerprint density at radius 1 is 1.23 bits per heavy atom. The SMILES string of the molecule is CC.Cc1ccc(CSC2=NN(C)c3cnn(-c4cccnc4)c(=O)c3S2)c(C#N)c1. The number of nitriles is 1. The molecule has 7 nitrogen and oxygen atoms in total. The fourth-order valence-electron chi connectivity index (χ4n) is 2.82. The maximum absolute atomic E-state index is 13.0. The molecule has 0 radical (unpaired) electrons. The Kier molecular flexibility index (Phi) is 7.50. The van der Waals surface area contributed by atoms with Crippen LogP contribution in [0.25, 0.3) is 5.69 Å². The zero-order valence-electron chi connectivity index (χ0n) is 17.7. The van der Waals surface area contributed by atoms with E-state index in [1.54, 1.807) is 42.8 Å². The molecule has 31 heavy (non-hydrogen) atoms. The third-order valence-corrected chi connectivity index (χ3v) is 6.54. The van der Waals surface area contributed by atoms with Crippen molar-refractivity contribution >= 4 is 33.6 Å². The fourth-order valence-corrected chi connectivity index (χ4v) is 5.00. The van der Waals surface area contributed by atoms with Crippen molar-refractivity contribution in [3.63, 3.8) is 0 Å². The highest BCUT2D eigenvalue weighted by Gasteiger charge is 2.23. The Morgan fingerprint density at radius 2 is 2.03 bits per heavy atom. The van der Waals surface area contributed by atoms with Crippen LogP contribution in [0.5, 0.6) is 0 Å². The summed E-state index contributed by atoms with van der Waals surface area (Å²) >= 11 is 2.83. The number of aryl methyl sites for hydroxylation is 1. The van der Waals surface area contributed by atoms with E-state index in [1.165, 1.54) is 28.2 Å². The smallest absolute Gasteiger partial charge is 0.266 e.